The van der Waals surface area contributed by atoms with Crippen LogP contribution in [0.2, 0.25) is 5.02 Å². The Kier molecular flexibility index (Phi) is 5.77. The van der Waals surface area contributed by atoms with Crippen LogP contribution in [-0.4, -0.2) is 16.2 Å². The van der Waals surface area contributed by atoms with E-state index in [0.717, 1.165) is 6.07 Å². The van der Waals surface area contributed by atoms with Gasteiger partial charge in [-0.1, -0.05) is 23.7 Å². The number of aromatic amines is 1. The van der Waals surface area contributed by atoms with Crippen LogP contribution in [0.3, 0.4) is 0 Å². The van der Waals surface area contributed by atoms with Crippen molar-refractivity contribution in [1.82, 2.24) is 9.55 Å². The van der Waals surface area contributed by atoms with Crippen molar-refractivity contribution in [3.05, 3.63) is 85.9 Å². The zero-order valence-electron chi connectivity index (χ0n) is 14.3. The smallest absolute Gasteiger partial charge is 0.328 e. The molecule has 0 amide bonds. The minimum atomic E-state index is -0.796. The lowest BCUT2D eigenvalue weighted by Gasteiger charge is -2.15. The molecular weight excluding hydrogens is 389 g/mol. The SMILES string of the molecule is N#Cc1cc(F)c(Oc2ccccc2Cl)c(OCCn2ccc(=O)[nH]c2=O)c1. The summed E-state index contributed by atoms with van der Waals surface area (Å²) in [6.07, 6.45) is 1.32. The maximum Gasteiger partial charge on any atom is 0.328 e. The molecule has 0 radical (unpaired) electrons. The fraction of sp³-hybridized carbons (Fsp3) is 0.105. The summed E-state index contributed by atoms with van der Waals surface area (Å²) < 4.78 is 26.8. The molecule has 0 saturated heterocycles. The molecule has 0 atom stereocenters. The van der Waals surface area contributed by atoms with E-state index >= 15 is 0 Å². The molecule has 142 valence electrons. The highest BCUT2D eigenvalue weighted by atomic mass is 35.5. The zero-order chi connectivity index (χ0) is 20.1. The Morgan fingerprint density at radius 1 is 1.18 bits per heavy atom. The predicted molar refractivity (Wildman–Crippen MR) is 99.5 cm³/mol. The number of nitrogens with one attached hydrogen (secondary N) is 1. The highest BCUT2D eigenvalue weighted by Crippen LogP contribution is 2.37. The summed E-state index contributed by atoms with van der Waals surface area (Å²) in [5.74, 6) is -0.834. The predicted octanol–water partition coefficient (Wildman–Crippen LogP) is 3.07. The van der Waals surface area contributed by atoms with Gasteiger partial charge in [-0.15, -0.1) is 0 Å². The molecule has 0 spiro atoms. The number of nitrogens with zero attached hydrogens (tertiary/aromatic N) is 2. The Balaban J connectivity index is 1.85. The van der Waals surface area contributed by atoms with Crippen LogP contribution in [0.5, 0.6) is 17.2 Å². The summed E-state index contributed by atoms with van der Waals surface area (Å²) in [6.45, 7) is 0.0404. The Morgan fingerprint density at radius 3 is 2.68 bits per heavy atom. The highest BCUT2D eigenvalue weighted by Gasteiger charge is 2.16. The third-order valence-electron chi connectivity index (χ3n) is 3.67. The van der Waals surface area contributed by atoms with Crippen LogP contribution in [0.4, 0.5) is 4.39 Å². The number of benzene rings is 2. The topological polar surface area (TPSA) is 97.1 Å². The van der Waals surface area contributed by atoms with Gasteiger partial charge >= 0.3 is 5.69 Å². The minimum absolute atomic E-state index is 0.0195. The van der Waals surface area contributed by atoms with Crippen LogP contribution in [0.1, 0.15) is 5.56 Å². The molecule has 1 N–H and O–H groups in total. The molecule has 0 aliphatic heterocycles. The maximum absolute atomic E-state index is 14.5. The second-order valence-corrected chi connectivity index (χ2v) is 5.99. The number of hydrogen-bond donors (Lipinski definition) is 1. The zero-order valence-corrected chi connectivity index (χ0v) is 15.1. The molecule has 9 heteroatoms. The molecule has 1 aromatic heterocycles. The van der Waals surface area contributed by atoms with Crippen LogP contribution in [0, 0.1) is 17.1 Å². The highest BCUT2D eigenvalue weighted by molar-refractivity contribution is 6.32. The molecule has 0 saturated carbocycles. The first kappa shape index (κ1) is 19.2. The summed E-state index contributed by atoms with van der Waals surface area (Å²) in [4.78, 5) is 24.9. The molecule has 28 heavy (non-hydrogen) atoms. The van der Waals surface area contributed by atoms with Crippen LogP contribution in [0.15, 0.2) is 58.3 Å². The maximum atomic E-state index is 14.5. The number of ether oxygens (including phenoxy) is 2. The van der Waals surface area contributed by atoms with Crippen molar-refractivity contribution in [2.75, 3.05) is 6.61 Å². The minimum Gasteiger partial charge on any atom is -0.488 e. The first-order chi connectivity index (χ1) is 13.5. The summed E-state index contributed by atoms with van der Waals surface area (Å²) in [7, 11) is 0. The van der Waals surface area contributed by atoms with Gasteiger partial charge < -0.3 is 9.47 Å². The number of rotatable bonds is 6. The molecule has 0 aliphatic rings. The van der Waals surface area contributed by atoms with Gasteiger partial charge in [0.15, 0.2) is 11.6 Å². The number of hydrogen-bond acceptors (Lipinski definition) is 5. The molecule has 0 bridgehead atoms. The van der Waals surface area contributed by atoms with E-state index in [-0.39, 0.29) is 41.0 Å². The van der Waals surface area contributed by atoms with Crippen LogP contribution in [-0.2, 0) is 6.54 Å². The molecule has 0 unspecified atom stereocenters. The molecule has 1 heterocycles. The van der Waals surface area contributed by atoms with Gasteiger partial charge in [0.05, 0.1) is 23.2 Å². The van der Waals surface area contributed by atoms with E-state index in [0.29, 0.717) is 0 Å². The summed E-state index contributed by atoms with van der Waals surface area (Å²) in [5.41, 5.74) is -1.07. The van der Waals surface area contributed by atoms with E-state index in [1.807, 2.05) is 6.07 Å². The fourth-order valence-electron chi connectivity index (χ4n) is 2.35. The standard InChI is InChI=1S/C19H13ClFN3O4/c20-13-3-1-2-4-15(13)28-18-14(21)9-12(11-22)10-16(18)27-8-7-24-6-5-17(25)23-19(24)26/h1-6,9-10H,7-8H2,(H,23,25,26). The van der Waals surface area contributed by atoms with E-state index in [9.17, 15) is 14.0 Å². The summed E-state index contributed by atoms with van der Waals surface area (Å²) in [5, 5.41) is 9.34. The second-order valence-electron chi connectivity index (χ2n) is 5.58. The number of halogens is 2. The fourth-order valence-corrected chi connectivity index (χ4v) is 2.53. The summed E-state index contributed by atoms with van der Waals surface area (Å²) >= 11 is 6.04. The van der Waals surface area contributed by atoms with Crippen LogP contribution in [0.25, 0.3) is 0 Å². The monoisotopic (exact) mass is 401 g/mol. The van der Waals surface area contributed by atoms with Gasteiger partial charge in [0.2, 0.25) is 5.75 Å². The van der Waals surface area contributed by atoms with Crippen molar-refractivity contribution >= 4 is 11.6 Å². The first-order valence-electron chi connectivity index (χ1n) is 8.06. The quantitative estimate of drug-likeness (QED) is 0.684. The number of aromatic nitrogens is 2. The third kappa shape index (κ3) is 4.39. The first-order valence-corrected chi connectivity index (χ1v) is 8.44. The van der Waals surface area contributed by atoms with Crippen molar-refractivity contribution in [3.63, 3.8) is 0 Å². The third-order valence-corrected chi connectivity index (χ3v) is 3.99. The lowest BCUT2D eigenvalue weighted by atomic mass is 10.2. The Bertz CT molecular complexity index is 1170. The molecule has 2 aromatic carbocycles. The van der Waals surface area contributed by atoms with Gasteiger partial charge in [0, 0.05) is 18.3 Å². The van der Waals surface area contributed by atoms with Crippen molar-refractivity contribution in [2.24, 2.45) is 0 Å². The largest absolute Gasteiger partial charge is 0.488 e. The average molecular weight is 402 g/mol. The molecule has 0 fully saturated rings. The molecule has 7 nitrogen and oxygen atoms in total. The van der Waals surface area contributed by atoms with Gasteiger partial charge in [-0.25, -0.2) is 9.18 Å². The van der Waals surface area contributed by atoms with Crippen molar-refractivity contribution < 1.29 is 13.9 Å². The Morgan fingerprint density at radius 2 is 1.96 bits per heavy atom. The summed E-state index contributed by atoms with van der Waals surface area (Å²) in [6, 6.07) is 11.9. The Hall–Kier alpha value is -3.57. The van der Waals surface area contributed by atoms with Gasteiger partial charge in [0.25, 0.3) is 5.56 Å². The van der Waals surface area contributed by atoms with Gasteiger partial charge in [-0.05, 0) is 18.2 Å². The van der Waals surface area contributed by atoms with E-state index in [1.54, 1.807) is 24.3 Å². The number of H-pyrrole nitrogens is 1. The van der Waals surface area contributed by atoms with Crippen molar-refractivity contribution in [3.8, 4) is 23.3 Å². The van der Waals surface area contributed by atoms with Crippen molar-refractivity contribution in [1.29, 1.82) is 5.26 Å². The van der Waals surface area contributed by atoms with Crippen molar-refractivity contribution in [2.45, 2.75) is 6.54 Å². The molecule has 3 aromatic rings. The van der Waals surface area contributed by atoms with Crippen LogP contribution >= 0.6 is 11.6 Å². The van der Waals surface area contributed by atoms with Gasteiger partial charge in [-0.3, -0.25) is 14.3 Å². The normalized spacial score (nSPS) is 10.3. The number of para-hydroxylation sites is 1. The van der Waals surface area contributed by atoms with Gasteiger partial charge in [-0.2, -0.15) is 5.26 Å². The Labute approximate surface area is 163 Å². The van der Waals surface area contributed by atoms with Gasteiger partial charge in [0.1, 0.15) is 12.4 Å². The van der Waals surface area contributed by atoms with Crippen LogP contribution < -0.4 is 20.7 Å². The lowest BCUT2D eigenvalue weighted by molar-refractivity contribution is 0.279. The lowest BCUT2D eigenvalue weighted by Crippen LogP contribution is -2.30. The van der Waals surface area contributed by atoms with E-state index in [1.165, 1.54) is 22.9 Å². The number of nitriles is 1. The second kappa shape index (κ2) is 8.41. The van der Waals surface area contributed by atoms with E-state index in [2.05, 4.69) is 4.98 Å². The molecular formula is C19H13ClFN3O4. The van der Waals surface area contributed by atoms with E-state index in [4.69, 9.17) is 26.3 Å². The van der Waals surface area contributed by atoms with E-state index < -0.39 is 17.1 Å². The average Bonchev–Trinajstić information content (AvgIpc) is 2.67. The molecule has 0 aliphatic carbocycles. The molecule has 3 rings (SSSR count).